The lowest BCUT2D eigenvalue weighted by atomic mass is 10.0. The van der Waals surface area contributed by atoms with E-state index in [1.807, 2.05) is 0 Å². The molecule has 3 nitrogen and oxygen atoms in total. The van der Waals surface area contributed by atoms with E-state index in [0.29, 0.717) is 18.6 Å². The Kier molecular flexibility index (Phi) is 6.38. The first-order chi connectivity index (χ1) is 8.38. The van der Waals surface area contributed by atoms with Crippen LogP contribution in [0, 0.1) is 0 Å². The maximum Gasteiger partial charge on any atom is 0.411 e. The van der Waals surface area contributed by atoms with Gasteiger partial charge in [0.1, 0.15) is 6.61 Å². The van der Waals surface area contributed by atoms with Gasteiger partial charge in [-0.15, -0.1) is 0 Å². The molecule has 0 aliphatic carbocycles. The van der Waals surface area contributed by atoms with Crippen molar-refractivity contribution < 1.29 is 17.9 Å². The summed E-state index contributed by atoms with van der Waals surface area (Å²) < 4.78 is 40.0. The lowest BCUT2D eigenvalue weighted by Crippen LogP contribution is -2.45. The van der Waals surface area contributed by atoms with Crippen molar-refractivity contribution in [3.05, 3.63) is 0 Å². The van der Waals surface area contributed by atoms with Gasteiger partial charge < -0.3 is 15.0 Å². The Morgan fingerprint density at radius 1 is 1.28 bits per heavy atom. The van der Waals surface area contributed by atoms with Crippen molar-refractivity contribution in [2.75, 3.05) is 32.8 Å². The lowest BCUT2D eigenvalue weighted by Gasteiger charge is -2.35. The van der Waals surface area contributed by atoms with E-state index in [4.69, 9.17) is 0 Å². The first-order valence-electron chi connectivity index (χ1n) is 6.50. The number of hydrogen-bond donors (Lipinski definition) is 1. The van der Waals surface area contributed by atoms with Gasteiger partial charge in [-0.05, 0) is 39.8 Å². The van der Waals surface area contributed by atoms with Crippen LogP contribution in [0.25, 0.3) is 0 Å². The first-order valence-corrected chi connectivity index (χ1v) is 6.50. The molecule has 1 aliphatic heterocycles. The molecule has 0 radical (unpaired) electrons. The van der Waals surface area contributed by atoms with Crippen molar-refractivity contribution >= 4 is 0 Å². The van der Waals surface area contributed by atoms with Crippen LogP contribution in [-0.2, 0) is 4.74 Å². The molecule has 0 aromatic carbocycles. The highest BCUT2D eigenvalue weighted by Crippen LogP contribution is 2.14. The molecule has 0 aromatic heterocycles. The van der Waals surface area contributed by atoms with Gasteiger partial charge in [-0.3, -0.25) is 0 Å². The zero-order chi connectivity index (χ0) is 13.6. The molecular formula is C12H23F3N2O. The summed E-state index contributed by atoms with van der Waals surface area (Å²) in [5.74, 6) is 0. The van der Waals surface area contributed by atoms with Crippen LogP contribution in [0.3, 0.4) is 0 Å². The molecule has 18 heavy (non-hydrogen) atoms. The topological polar surface area (TPSA) is 24.5 Å². The number of piperidine rings is 1. The minimum absolute atomic E-state index is 0.115. The highest BCUT2D eigenvalue weighted by molar-refractivity contribution is 4.78. The van der Waals surface area contributed by atoms with E-state index in [2.05, 4.69) is 28.8 Å². The second-order valence-corrected chi connectivity index (χ2v) is 5.03. The molecule has 0 spiro atoms. The maximum atomic E-state index is 11.8. The summed E-state index contributed by atoms with van der Waals surface area (Å²) in [5.41, 5.74) is 0. The average Bonchev–Trinajstić information content (AvgIpc) is 2.27. The van der Waals surface area contributed by atoms with Crippen LogP contribution < -0.4 is 5.32 Å². The third-order valence-electron chi connectivity index (χ3n) is 3.20. The van der Waals surface area contributed by atoms with Crippen LogP contribution in [0.5, 0.6) is 0 Å². The van der Waals surface area contributed by atoms with Crippen molar-refractivity contribution in [1.82, 2.24) is 10.2 Å². The molecule has 1 fully saturated rings. The molecule has 1 saturated heterocycles. The molecule has 1 N–H and O–H groups in total. The van der Waals surface area contributed by atoms with Gasteiger partial charge in [-0.1, -0.05) is 0 Å². The predicted molar refractivity (Wildman–Crippen MR) is 64.6 cm³/mol. The Morgan fingerprint density at radius 2 is 1.89 bits per heavy atom. The van der Waals surface area contributed by atoms with Crippen molar-refractivity contribution in [2.24, 2.45) is 0 Å². The maximum absolute atomic E-state index is 11.8. The average molecular weight is 268 g/mol. The second-order valence-electron chi connectivity index (χ2n) is 5.03. The van der Waals surface area contributed by atoms with Gasteiger partial charge in [0.15, 0.2) is 0 Å². The van der Waals surface area contributed by atoms with E-state index >= 15 is 0 Å². The standard InChI is InChI=1S/C12H23F3N2O/c1-10(2)17-6-3-11(4-7-17)16-5-8-18-9-12(13,14)15/h10-11,16H,3-9H2,1-2H3. The van der Waals surface area contributed by atoms with Crippen LogP contribution in [0.2, 0.25) is 0 Å². The van der Waals surface area contributed by atoms with Crippen molar-refractivity contribution in [3.8, 4) is 0 Å². The molecule has 0 unspecified atom stereocenters. The fourth-order valence-electron chi connectivity index (χ4n) is 2.14. The van der Waals surface area contributed by atoms with Gasteiger partial charge in [-0.2, -0.15) is 13.2 Å². The zero-order valence-corrected chi connectivity index (χ0v) is 11.1. The molecule has 0 bridgehead atoms. The van der Waals surface area contributed by atoms with Gasteiger partial charge in [0.05, 0.1) is 6.61 Å². The minimum atomic E-state index is -4.22. The third-order valence-corrected chi connectivity index (χ3v) is 3.20. The molecule has 1 heterocycles. The van der Waals surface area contributed by atoms with Gasteiger partial charge >= 0.3 is 6.18 Å². The summed E-state index contributed by atoms with van der Waals surface area (Å²) in [5, 5.41) is 3.25. The number of hydrogen-bond acceptors (Lipinski definition) is 3. The quantitative estimate of drug-likeness (QED) is 0.746. The highest BCUT2D eigenvalue weighted by Gasteiger charge is 2.27. The molecule has 0 amide bonds. The summed E-state index contributed by atoms with van der Waals surface area (Å²) in [6.07, 6.45) is -2.11. The predicted octanol–water partition coefficient (Wildman–Crippen LogP) is 2.03. The number of ether oxygens (including phenoxy) is 1. The fourth-order valence-corrected chi connectivity index (χ4v) is 2.14. The Balaban J connectivity index is 2.01. The fraction of sp³-hybridized carbons (Fsp3) is 1.00. The van der Waals surface area contributed by atoms with E-state index in [9.17, 15) is 13.2 Å². The van der Waals surface area contributed by atoms with E-state index in [1.54, 1.807) is 0 Å². The van der Waals surface area contributed by atoms with Crippen LogP contribution in [-0.4, -0.2) is 56.0 Å². The van der Waals surface area contributed by atoms with Crippen LogP contribution in [0.1, 0.15) is 26.7 Å². The minimum Gasteiger partial charge on any atom is -0.371 e. The normalized spacial score (nSPS) is 19.7. The third kappa shape index (κ3) is 6.56. The SMILES string of the molecule is CC(C)N1CCC(NCCOCC(F)(F)F)CC1. The van der Waals surface area contributed by atoms with Crippen LogP contribution >= 0.6 is 0 Å². The van der Waals surface area contributed by atoms with Gasteiger partial charge in [0, 0.05) is 18.6 Å². The summed E-state index contributed by atoms with van der Waals surface area (Å²) in [6.45, 7) is 5.92. The second kappa shape index (κ2) is 7.31. The monoisotopic (exact) mass is 268 g/mol. The molecule has 0 saturated carbocycles. The van der Waals surface area contributed by atoms with Crippen molar-refractivity contribution in [3.63, 3.8) is 0 Å². The molecule has 0 aromatic rings. The molecule has 1 rings (SSSR count). The molecule has 1 aliphatic rings. The number of nitrogens with one attached hydrogen (secondary N) is 1. The van der Waals surface area contributed by atoms with Gasteiger partial charge in [-0.25, -0.2) is 0 Å². The van der Waals surface area contributed by atoms with E-state index in [-0.39, 0.29) is 6.61 Å². The van der Waals surface area contributed by atoms with Gasteiger partial charge in [0.2, 0.25) is 0 Å². The summed E-state index contributed by atoms with van der Waals surface area (Å²) >= 11 is 0. The largest absolute Gasteiger partial charge is 0.411 e. The molecular weight excluding hydrogens is 245 g/mol. The Bertz CT molecular complexity index is 226. The molecule has 6 heteroatoms. The lowest BCUT2D eigenvalue weighted by molar-refractivity contribution is -0.173. The number of rotatable bonds is 6. The number of nitrogens with zero attached hydrogens (tertiary/aromatic N) is 1. The van der Waals surface area contributed by atoms with E-state index < -0.39 is 12.8 Å². The van der Waals surface area contributed by atoms with Crippen LogP contribution in [0.15, 0.2) is 0 Å². The number of likely N-dealkylation sites (tertiary alicyclic amines) is 1. The summed E-state index contributed by atoms with van der Waals surface area (Å²) in [7, 11) is 0. The molecule has 108 valence electrons. The number of alkyl halides is 3. The van der Waals surface area contributed by atoms with E-state index in [0.717, 1.165) is 25.9 Å². The van der Waals surface area contributed by atoms with Gasteiger partial charge in [0.25, 0.3) is 0 Å². The smallest absolute Gasteiger partial charge is 0.371 e. The van der Waals surface area contributed by atoms with Crippen molar-refractivity contribution in [1.29, 1.82) is 0 Å². The van der Waals surface area contributed by atoms with Crippen molar-refractivity contribution in [2.45, 2.75) is 44.9 Å². The Morgan fingerprint density at radius 3 is 2.39 bits per heavy atom. The first kappa shape index (κ1) is 15.7. The Hall–Kier alpha value is -0.330. The van der Waals surface area contributed by atoms with E-state index in [1.165, 1.54) is 0 Å². The van der Waals surface area contributed by atoms with Crippen LogP contribution in [0.4, 0.5) is 13.2 Å². The Labute approximate surface area is 107 Å². The zero-order valence-electron chi connectivity index (χ0n) is 11.1. The number of halogens is 3. The summed E-state index contributed by atoms with van der Waals surface area (Å²) in [6, 6.07) is 0.982. The molecule has 0 atom stereocenters. The summed E-state index contributed by atoms with van der Waals surface area (Å²) in [4.78, 5) is 2.42. The highest BCUT2D eigenvalue weighted by atomic mass is 19.4.